The van der Waals surface area contributed by atoms with Crippen LogP contribution in [-0.4, -0.2) is 13.2 Å². The number of nitrogens with zero attached hydrogens (tertiary/aromatic N) is 1. The van der Waals surface area contributed by atoms with E-state index in [2.05, 4.69) is 68.1 Å². The van der Waals surface area contributed by atoms with Crippen LogP contribution in [0, 0.1) is 0 Å². The first-order valence-corrected chi connectivity index (χ1v) is 9.43. The molecule has 2 nitrogen and oxygen atoms in total. The molecule has 0 saturated heterocycles. The molecular formula is C15H22N2Si. The van der Waals surface area contributed by atoms with Gasteiger partial charge in [0.15, 0.2) is 8.24 Å². The van der Waals surface area contributed by atoms with Crippen LogP contribution in [0.25, 0.3) is 10.9 Å². The first-order chi connectivity index (χ1) is 8.31. The van der Waals surface area contributed by atoms with Gasteiger partial charge in [0.05, 0.1) is 11.2 Å². The van der Waals surface area contributed by atoms with Gasteiger partial charge in [-0.3, -0.25) is 4.98 Å². The first-order valence-electron chi connectivity index (χ1n) is 6.43. The van der Waals surface area contributed by atoms with Crippen molar-refractivity contribution in [2.24, 2.45) is 0 Å². The van der Waals surface area contributed by atoms with Crippen LogP contribution in [0.2, 0.25) is 18.1 Å². The molecule has 0 atom stereocenters. The zero-order valence-corrected chi connectivity index (χ0v) is 12.9. The molecule has 0 unspecified atom stereocenters. The van der Waals surface area contributed by atoms with E-state index in [9.17, 15) is 0 Å². The van der Waals surface area contributed by atoms with E-state index in [4.69, 9.17) is 0 Å². The fraction of sp³-hybridized carbons (Fsp3) is 0.400. The monoisotopic (exact) mass is 258 g/mol. The molecule has 0 amide bonds. The Hall–Kier alpha value is -1.35. The number of anilines is 1. The van der Waals surface area contributed by atoms with E-state index in [1.165, 1.54) is 11.1 Å². The number of aromatic nitrogens is 1. The minimum absolute atomic E-state index is 0.309. The third kappa shape index (κ3) is 2.41. The van der Waals surface area contributed by atoms with Crippen molar-refractivity contribution in [2.45, 2.75) is 38.9 Å². The summed E-state index contributed by atoms with van der Waals surface area (Å²) in [5.41, 5.74) is 2.24. The van der Waals surface area contributed by atoms with Crippen LogP contribution in [-0.2, 0) is 0 Å². The highest BCUT2D eigenvalue weighted by molar-refractivity contribution is 6.83. The van der Waals surface area contributed by atoms with Crippen LogP contribution in [0.3, 0.4) is 0 Å². The normalized spacial score (nSPS) is 12.7. The second-order valence-corrected chi connectivity index (χ2v) is 11.4. The topological polar surface area (TPSA) is 24.9 Å². The summed E-state index contributed by atoms with van der Waals surface area (Å²) in [6.07, 6.45) is 1.86. The minimum Gasteiger partial charge on any atom is -0.408 e. The Balaban J connectivity index is 2.44. The average molecular weight is 258 g/mol. The predicted octanol–water partition coefficient (Wildman–Crippen LogP) is 4.65. The minimum atomic E-state index is -1.55. The summed E-state index contributed by atoms with van der Waals surface area (Å²) in [7, 11) is -1.55. The Labute approximate surface area is 111 Å². The van der Waals surface area contributed by atoms with Crippen LogP contribution in [0.1, 0.15) is 20.8 Å². The summed E-state index contributed by atoms with van der Waals surface area (Å²) in [4.78, 5) is 8.28. The summed E-state index contributed by atoms with van der Waals surface area (Å²) in [6, 6.07) is 10.4. The molecule has 2 aromatic rings. The molecule has 0 aliphatic rings. The fourth-order valence-electron chi connectivity index (χ4n) is 1.73. The van der Waals surface area contributed by atoms with Crippen molar-refractivity contribution in [2.75, 3.05) is 4.98 Å². The Bertz CT molecular complexity index is 550. The summed E-state index contributed by atoms with van der Waals surface area (Å²) < 4.78 is 0. The molecule has 2 rings (SSSR count). The van der Waals surface area contributed by atoms with Gasteiger partial charge in [-0.05, 0) is 17.2 Å². The molecule has 0 saturated carbocycles. The highest BCUT2D eigenvalue weighted by Gasteiger charge is 2.35. The average Bonchev–Trinajstić information content (AvgIpc) is 2.27. The zero-order chi connectivity index (χ0) is 13.4. The molecule has 0 bridgehead atoms. The van der Waals surface area contributed by atoms with Crippen molar-refractivity contribution in [3.8, 4) is 0 Å². The predicted molar refractivity (Wildman–Crippen MR) is 82.6 cm³/mol. The molecule has 96 valence electrons. The summed E-state index contributed by atoms with van der Waals surface area (Å²) in [6.45, 7) is 11.7. The number of nitrogens with one attached hydrogen (secondary N) is 1. The molecule has 1 heterocycles. The van der Waals surface area contributed by atoms with Crippen LogP contribution < -0.4 is 4.98 Å². The van der Waals surface area contributed by atoms with E-state index in [0.29, 0.717) is 5.04 Å². The van der Waals surface area contributed by atoms with Gasteiger partial charge in [0, 0.05) is 11.6 Å². The molecule has 18 heavy (non-hydrogen) atoms. The van der Waals surface area contributed by atoms with Crippen molar-refractivity contribution in [3.63, 3.8) is 0 Å². The van der Waals surface area contributed by atoms with Gasteiger partial charge in [-0.1, -0.05) is 52.1 Å². The summed E-state index contributed by atoms with van der Waals surface area (Å²) in [5, 5.41) is 1.51. The SMILES string of the molecule is CC(C)(C)[Si](C)(C)Nc1cccc2cccnc12. The lowest BCUT2D eigenvalue weighted by molar-refractivity contribution is 0.723. The lowest BCUT2D eigenvalue weighted by Gasteiger charge is -2.38. The van der Waals surface area contributed by atoms with E-state index in [1.54, 1.807) is 0 Å². The highest BCUT2D eigenvalue weighted by Crippen LogP contribution is 2.37. The maximum absolute atomic E-state index is 4.51. The van der Waals surface area contributed by atoms with Gasteiger partial charge in [0.2, 0.25) is 0 Å². The van der Waals surface area contributed by atoms with Crippen LogP contribution >= 0.6 is 0 Å². The Morgan fingerprint density at radius 2 is 1.72 bits per heavy atom. The lowest BCUT2D eigenvalue weighted by atomic mass is 10.2. The summed E-state index contributed by atoms with van der Waals surface area (Å²) >= 11 is 0. The van der Waals surface area contributed by atoms with E-state index >= 15 is 0 Å². The van der Waals surface area contributed by atoms with Crippen molar-refractivity contribution in [3.05, 3.63) is 36.5 Å². The highest BCUT2D eigenvalue weighted by atomic mass is 28.3. The van der Waals surface area contributed by atoms with Gasteiger partial charge in [0.25, 0.3) is 0 Å². The van der Waals surface area contributed by atoms with Crippen LogP contribution in [0.5, 0.6) is 0 Å². The number of benzene rings is 1. The molecular weight excluding hydrogens is 236 g/mol. The maximum Gasteiger partial charge on any atom is 0.152 e. The molecule has 1 N–H and O–H groups in total. The lowest BCUT2D eigenvalue weighted by Crippen LogP contribution is -2.45. The largest absolute Gasteiger partial charge is 0.408 e. The molecule has 0 aliphatic carbocycles. The molecule has 0 aliphatic heterocycles. The molecule has 1 aromatic carbocycles. The van der Waals surface area contributed by atoms with Gasteiger partial charge in [-0.15, -0.1) is 0 Å². The van der Waals surface area contributed by atoms with Gasteiger partial charge < -0.3 is 4.98 Å². The van der Waals surface area contributed by atoms with E-state index in [1.807, 2.05) is 12.3 Å². The van der Waals surface area contributed by atoms with Crippen molar-refractivity contribution in [1.29, 1.82) is 0 Å². The standard InChI is InChI=1S/C15H22N2Si/c1-15(2,3)18(4,5)17-13-10-6-8-12-9-7-11-16-14(12)13/h6-11,17H,1-5H3. The van der Waals surface area contributed by atoms with Gasteiger partial charge in [-0.25, -0.2) is 0 Å². The number of rotatable bonds is 2. The number of pyridine rings is 1. The Kier molecular flexibility index (Phi) is 3.19. The molecule has 0 fully saturated rings. The zero-order valence-electron chi connectivity index (χ0n) is 11.9. The van der Waals surface area contributed by atoms with Crippen molar-refractivity contribution < 1.29 is 0 Å². The van der Waals surface area contributed by atoms with E-state index < -0.39 is 8.24 Å². The fourth-order valence-corrected chi connectivity index (χ4v) is 2.98. The Morgan fingerprint density at radius 3 is 2.39 bits per heavy atom. The molecule has 3 heteroatoms. The molecule has 0 spiro atoms. The molecule has 0 radical (unpaired) electrons. The number of hydrogen-bond acceptors (Lipinski definition) is 2. The number of hydrogen-bond donors (Lipinski definition) is 1. The second kappa shape index (κ2) is 4.39. The third-order valence-corrected chi connectivity index (χ3v) is 8.60. The third-order valence-electron chi connectivity index (χ3n) is 3.95. The van der Waals surface area contributed by atoms with Crippen molar-refractivity contribution in [1.82, 2.24) is 4.98 Å². The van der Waals surface area contributed by atoms with Gasteiger partial charge in [0.1, 0.15) is 0 Å². The number of para-hydroxylation sites is 1. The number of fused-ring (bicyclic) bond motifs is 1. The summed E-state index contributed by atoms with van der Waals surface area (Å²) in [5.74, 6) is 0. The maximum atomic E-state index is 4.51. The Morgan fingerprint density at radius 1 is 1.06 bits per heavy atom. The second-order valence-electron chi connectivity index (χ2n) is 6.38. The first kappa shape index (κ1) is 13.1. The van der Waals surface area contributed by atoms with E-state index in [-0.39, 0.29) is 0 Å². The van der Waals surface area contributed by atoms with Gasteiger partial charge >= 0.3 is 0 Å². The van der Waals surface area contributed by atoms with Crippen LogP contribution in [0.4, 0.5) is 5.69 Å². The molecule has 1 aromatic heterocycles. The van der Waals surface area contributed by atoms with Crippen LogP contribution in [0.15, 0.2) is 36.5 Å². The van der Waals surface area contributed by atoms with E-state index in [0.717, 1.165) is 5.52 Å². The van der Waals surface area contributed by atoms with Gasteiger partial charge in [-0.2, -0.15) is 0 Å². The quantitative estimate of drug-likeness (QED) is 0.793. The smallest absolute Gasteiger partial charge is 0.152 e. The van der Waals surface area contributed by atoms with Crippen molar-refractivity contribution >= 4 is 24.8 Å².